The number of para-hydroxylation sites is 1. The number of fused-ring (bicyclic) bond motifs is 1. The molecule has 1 heterocycles. The van der Waals surface area contributed by atoms with Gasteiger partial charge < -0.3 is 10.1 Å². The minimum atomic E-state index is -1.11. The summed E-state index contributed by atoms with van der Waals surface area (Å²) >= 11 is 0. The van der Waals surface area contributed by atoms with Crippen LogP contribution in [-0.2, 0) is 6.54 Å². The number of carbonyl (C=O) groups is 1. The second kappa shape index (κ2) is 6.84. The number of benzene rings is 1. The van der Waals surface area contributed by atoms with Crippen molar-refractivity contribution in [3.05, 3.63) is 69.5 Å². The maximum Gasteiger partial charge on any atom is 0.352 e. The van der Waals surface area contributed by atoms with Crippen LogP contribution in [0.3, 0.4) is 0 Å². The summed E-state index contributed by atoms with van der Waals surface area (Å²) in [5, 5.41) is 9.99. The van der Waals surface area contributed by atoms with Gasteiger partial charge in [0.25, 0.3) is 0 Å². The molecule has 0 atom stereocenters. The second-order valence-corrected chi connectivity index (χ2v) is 6.09. The summed E-state index contributed by atoms with van der Waals surface area (Å²) in [5.74, 6) is -1.11. The van der Waals surface area contributed by atoms with E-state index < -0.39 is 5.97 Å². The van der Waals surface area contributed by atoms with Gasteiger partial charge in [0, 0.05) is 29.6 Å². The Morgan fingerprint density at radius 3 is 2.75 bits per heavy atom. The van der Waals surface area contributed by atoms with E-state index in [-0.39, 0.29) is 17.7 Å². The molecule has 124 valence electrons. The molecule has 0 radical (unpaired) electrons. The molecule has 2 N–H and O–H groups in total. The zero-order valence-corrected chi connectivity index (χ0v) is 13.6. The van der Waals surface area contributed by atoms with E-state index in [9.17, 15) is 14.7 Å². The van der Waals surface area contributed by atoms with Crippen LogP contribution in [0, 0.1) is 0 Å². The summed E-state index contributed by atoms with van der Waals surface area (Å²) in [6.45, 7) is 0.967. The van der Waals surface area contributed by atoms with Gasteiger partial charge >= 0.3 is 5.97 Å². The van der Waals surface area contributed by atoms with Crippen molar-refractivity contribution in [1.29, 1.82) is 0 Å². The number of likely N-dealkylation sites (N-methyl/N-ethyl adjacent to an activating group) is 1. The number of nitrogens with one attached hydrogen (secondary N) is 1. The molecule has 0 aliphatic heterocycles. The fraction of sp³-hybridized carbons (Fsp3) is 0.263. The van der Waals surface area contributed by atoms with E-state index in [4.69, 9.17) is 0 Å². The molecule has 0 saturated heterocycles. The maximum atomic E-state index is 12.7. The molecule has 1 aromatic carbocycles. The number of carboxylic acids is 1. The molecule has 5 heteroatoms. The van der Waals surface area contributed by atoms with E-state index in [1.165, 1.54) is 5.57 Å². The molecule has 0 fully saturated rings. The monoisotopic (exact) mass is 324 g/mol. The van der Waals surface area contributed by atoms with Gasteiger partial charge in [0.1, 0.15) is 5.69 Å². The molecular formula is C19H20N2O3. The Hall–Kier alpha value is -2.66. The lowest BCUT2D eigenvalue weighted by atomic mass is 10.1. The van der Waals surface area contributed by atoms with Crippen LogP contribution in [0.1, 0.15) is 28.9 Å². The van der Waals surface area contributed by atoms with Crippen LogP contribution >= 0.6 is 0 Å². The molecule has 2 aromatic rings. The number of aromatic carboxylic acids is 1. The number of aromatic amines is 1. The zero-order valence-electron chi connectivity index (χ0n) is 13.6. The van der Waals surface area contributed by atoms with Crippen molar-refractivity contribution >= 4 is 16.9 Å². The number of carboxylic acid groups (broad SMARTS) is 1. The summed E-state index contributed by atoms with van der Waals surface area (Å²) in [6.07, 6.45) is 8.48. The van der Waals surface area contributed by atoms with Crippen molar-refractivity contribution in [3.8, 4) is 0 Å². The number of H-pyrrole nitrogens is 1. The molecular weight excluding hydrogens is 304 g/mol. The zero-order chi connectivity index (χ0) is 17.1. The lowest BCUT2D eigenvalue weighted by Crippen LogP contribution is -2.27. The normalized spacial score (nSPS) is 14.2. The molecule has 24 heavy (non-hydrogen) atoms. The largest absolute Gasteiger partial charge is 0.477 e. The third-order valence-corrected chi connectivity index (χ3v) is 4.17. The van der Waals surface area contributed by atoms with Gasteiger partial charge in [0.2, 0.25) is 0 Å². The van der Waals surface area contributed by atoms with Crippen LogP contribution in [0.2, 0.25) is 0 Å². The molecule has 1 aliphatic carbocycles. The van der Waals surface area contributed by atoms with E-state index in [1.807, 2.05) is 11.9 Å². The molecule has 1 aromatic heterocycles. The molecule has 0 unspecified atom stereocenters. The first-order chi connectivity index (χ1) is 11.6. The average Bonchev–Trinajstić information content (AvgIpc) is 2.58. The fourth-order valence-corrected chi connectivity index (χ4v) is 3.03. The predicted octanol–water partition coefficient (Wildman–Crippen LogP) is 2.93. The Morgan fingerprint density at radius 1 is 1.25 bits per heavy atom. The minimum Gasteiger partial charge on any atom is -0.477 e. The van der Waals surface area contributed by atoms with Gasteiger partial charge in [-0.1, -0.05) is 30.4 Å². The van der Waals surface area contributed by atoms with Gasteiger partial charge in [-0.05, 0) is 37.6 Å². The maximum absolute atomic E-state index is 12.7. The van der Waals surface area contributed by atoms with Gasteiger partial charge in [-0.15, -0.1) is 0 Å². The van der Waals surface area contributed by atoms with Crippen LogP contribution in [0.4, 0.5) is 0 Å². The lowest BCUT2D eigenvalue weighted by Gasteiger charge is -2.19. The standard InChI is InChI=1S/C19H20N2O3/c1-21(11-13-7-3-2-4-8-13)12-15-17(19(23)24)20-16-10-6-5-9-14(16)18(15)22/h3,5-10H,2,4,11-12H2,1H3,(H,20,22)(H,23,24). The minimum absolute atomic E-state index is 0.0290. The number of hydrogen-bond acceptors (Lipinski definition) is 3. The summed E-state index contributed by atoms with van der Waals surface area (Å²) < 4.78 is 0. The molecule has 0 spiro atoms. The van der Waals surface area contributed by atoms with E-state index >= 15 is 0 Å². The highest BCUT2D eigenvalue weighted by Gasteiger charge is 2.18. The summed E-state index contributed by atoms with van der Waals surface area (Å²) in [4.78, 5) is 29.2. The summed E-state index contributed by atoms with van der Waals surface area (Å²) in [6, 6.07) is 6.99. The van der Waals surface area contributed by atoms with Crippen LogP contribution in [-0.4, -0.2) is 34.6 Å². The van der Waals surface area contributed by atoms with Crippen molar-refractivity contribution in [2.45, 2.75) is 19.4 Å². The Morgan fingerprint density at radius 2 is 2.04 bits per heavy atom. The Bertz CT molecular complexity index is 893. The van der Waals surface area contributed by atoms with Gasteiger partial charge in [-0.2, -0.15) is 0 Å². The molecule has 5 nitrogen and oxygen atoms in total. The third kappa shape index (κ3) is 3.31. The van der Waals surface area contributed by atoms with Crippen LogP contribution in [0.15, 0.2) is 52.9 Å². The molecule has 3 rings (SSSR count). The first-order valence-corrected chi connectivity index (χ1v) is 7.97. The van der Waals surface area contributed by atoms with Gasteiger partial charge in [0.05, 0.1) is 0 Å². The number of nitrogens with zero attached hydrogens (tertiary/aromatic N) is 1. The number of allylic oxidation sites excluding steroid dienone is 2. The van der Waals surface area contributed by atoms with Gasteiger partial charge in [-0.3, -0.25) is 9.69 Å². The highest BCUT2D eigenvalue weighted by Crippen LogP contribution is 2.15. The Kier molecular flexibility index (Phi) is 4.62. The van der Waals surface area contributed by atoms with Crippen molar-refractivity contribution < 1.29 is 9.90 Å². The Labute approximate surface area is 139 Å². The number of hydrogen-bond donors (Lipinski definition) is 2. The highest BCUT2D eigenvalue weighted by atomic mass is 16.4. The first-order valence-electron chi connectivity index (χ1n) is 7.97. The quantitative estimate of drug-likeness (QED) is 0.887. The lowest BCUT2D eigenvalue weighted by molar-refractivity contribution is 0.0688. The molecule has 1 aliphatic rings. The van der Waals surface area contributed by atoms with Crippen LogP contribution < -0.4 is 5.43 Å². The van der Waals surface area contributed by atoms with Crippen LogP contribution in [0.25, 0.3) is 10.9 Å². The molecule has 0 saturated carbocycles. The van der Waals surface area contributed by atoms with Crippen LogP contribution in [0.5, 0.6) is 0 Å². The molecule has 0 amide bonds. The summed E-state index contributed by atoms with van der Waals surface area (Å²) in [5.41, 5.74) is 1.78. The third-order valence-electron chi connectivity index (χ3n) is 4.17. The summed E-state index contributed by atoms with van der Waals surface area (Å²) in [7, 11) is 1.89. The SMILES string of the molecule is CN(CC1=CCCC=C1)Cc1c(C(=O)O)[nH]c2ccccc2c1=O. The van der Waals surface area contributed by atoms with E-state index in [1.54, 1.807) is 24.3 Å². The Balaban J connectivity index is 1.95. The van der Waals surface area contributed by atoms with Gasteiger partial charge in [-0.25, -0.2) is 4.79 Å². The highest BCUT2D eigenvalue weighted by molar-refractivity contribution is 5.91. The predicted molar refractivity (Wildman–Crippen MR) is 94.3 cm³/mol. The van der Waals surface area contributed by atoms with Crippen molar-refractivity contribution in [2.75, 3.05) is 13.6 Å². The first kappa shape index (κ1) is 16.2. The van der Waals surface area contributed by atoms with E-state index in [0.29, 0.717) is 23.0 Å². The van der Waals surface area contributed by atoms with Crippen molar-refractivity contribution in [3.63, 3.8) is 0 Å². The van der Waals surface area contributed by atoms with Crippen molar-refractivity contribution in [2.24, 2.45) is 0 Å². The fourth-order valence-electron chi connectivity index (χ4n) is 3.03. The number of rotatable bonds is 5. The second-order valence-electron chi connectivity index (χ2n) is 6.09. The van der Waals surface area contributed by atoms with E-state index in [2.05, 4.69) is 23.2 Å². The van der Waals surface area contributed by atoms with E-state index in [0.717, 1.165) is 12.8 Å². The molecule has 0 bridgehead atoms. The number of aromatic nitrogens is 1. The number of pyridine rings is 1. The van der Waals surface area contributed by atoms with Crippen molar-refractivity contribution in [1.82, 2.24) is 9.88 Å². The topological polar surface area (TPSA) is 73.4 Å². The average molecular weight is 324 g/mol. The van der Waals surface area contributed by atoms with Gasteiger partial charge in [0.15, 0.2) is 5.43 Å². The smallest absolute Gasteiger partial charge is 0.352 e.